The van der Waals surface area contributed by atoms with Gasteiger partial charge in [-0.3, -0.25) is 4.79 Å². The topological polar surface area (TPSA) is 45.7 Å². The molecular weight excluding hydrogens is 278 g/mol. The fraction of sp³-hybridized carbons (Fsp3) is 0.412. The number of hydrogen-bond donors (Lipinski definition) is 0. The zero-order valence-electron chi connectivity index (χ0n) is 13.2. The van der Waals surface area contributed by atoms with E-state index in [0.717, 1.165) is 30.4 Å². The summed E-state index contributed by atoms with van der Waals surface area (Å²) in [6, 6.07) is 9.86. The highest BCUT2D eigenvalue weighted by molar-refractivity contribution is 5.98. The summed E-state index contributed by atoms with van der Waals surface area (Å²) in [4.78, 5) is 21.4. The summed E-state index contributed by atoms with van der Waals surface area (Å²) >= 11 is 0. The van der Waals surface area contributed by atoms with E-state index in [1.807, 2.05) is 35.2 Å². The lowest BCUT2D eigenvalue weighted by molar-refractivity contribution is 0.0527. The lowest BCUT2D eigenvalue weighted by atomic mass is 10.1. The van der Waals surface area contributed by atoms with Crippen LogP contribution in [0.15, 0.2) is 30.3 Å². The first-order valence-electron chi connectivity index (χ1n) is 7.53. The van der Waals surface area contributed by atoms with Crippen LogP contribution in [0.25, 0.3) is 10.8 Å². The van der Waals surface area contributed by atoms with Crippen LogP contribution in [0.5, 0.6) is 5.88 Å². The molecule has 2 heterocycles. The molecule has 5 heteroatoms. The second kappa shape index (κ2) is 5.93. The number of amides is 1. The van der Waals surface area contributed by atoms with E-state index in [-0.39, 0.29) is 11.9 Å². The molecule has 1 atom stereocenters. The number of carbonyl (C=O) groups excluding carboxylic acids is 1. The highest BCUT2D eigenvalue weighted by atomic mass is 16.5. The Morgan fingerprint density at radius 2 is 2.09 bits per heavy atom. The van der Waals surface area contributed by atoms with Gasteiger partial charge in [0.15, 0.2) is 0 Å². The average molecular weight is 299 g/mol. The molecule has 1 unspecified atom stereocenters. The molecule has 0 aliphatic carbocycles. The smallest absolute Gasteiger partial charge is 0.272 e. The Hall–Kier alpha value is -2.14. The van der Waals surface area contributed by atoms with Gasteiger partial charge in [0.1, 0.15) is 5.69 Å². The average Bonchev–Trinajstić information content (AvgIpc) is 2.53. The van der Waals surface area contributed by atoms with Crippen LogP contribution in [0.4, 0.5) is 0 Å². The lowest BCUT2D eigenvalue weighted by Gasteiger charge is -2.38. The maximum atomic E-state index is 12.8. The number of rotatable bonds is 2. The standard InChI is InChI=1S/C17H21N3O2/c1-12-11-19(2)8-9-20(12)17(21)15-10-13-6-4-5-7-14(13)16(18-15)22-3/h4-7,10,12H,8-9,11H2,1-3H3. The van der Waals surface area contributed by atoms with Gasteiger partial charge in [0, 0.05) is 31.1 Å². The van der Waals surface area contributed by atoms with Gasteiger partial charge in [-0.1, -0.05) is 18.2 Å². The molecule has 1 aromatic heterocycles. The van der Waals surface area contributed by atoms with E-state index >= 15 is 0 Å². The Bertz CT molecular complexity index is 701. The Morgan fingerprint density at radius 1 is 1.32 bits per heavy atom. The zero-order valence-corrected chi connectivity index (χ0v) is 13.2. The number of fused-ring (bicyclic) bond motifs is 1. The van der Waals surface area contributed by atoms with Crippen molar-refractivity contribution in [2.45, 2.75) is 13.0 Å². The van der Waals surface area contributed by atoms with Gasteiger partial charge in [-0.25, -0.2) is 4.98 Å². The number of pyridine rings is 1. The number of likely N-dealkylation sites (N-methyl/N-ethyl adjacent to an activating group) is 1. The summed E-state index contributed by atoms with van der Waals surface area (Å²) in [5.74, 6) is 0.480. The number of carbonyl (C=O) groups is 1. The molecule has 1 aliphatic heterocycles. The molecule has 5 nitrogen and oxygen atoms in total. The largest absolute Gasteiger partial charge is 0.481 e. The van der Waals surface area contributed by atoms with Crippen LogP contribution in [0, 0.1) is 0 Å². The molecule has 3 rings (SSSR count). The van der Waals surface area contributed by atoms with Gasteiger partial charge in [-0.05, 0) is 31.5 Å². The third kappa shape index (κ3) is 2.64. The van der Waals surface area contributed by atoms with E-state index in [2.05, 4.69) is 23.9 Å². The Kier molecular flexibility index (Phi) is 3.98. The SMILES string of the molecule is COc1nc(C(=O)N2CCN(C)CC2C)cc2ccccc12. The van der Waals surface area contributed by atoms with Crippen LogP contribution in [-0.4, -0.2) is 60.5 Å². The van der Waals surface area contributed by atoms with Gasteiger partial charge in [0.05, 0.1) is 7.11 Å². The minimum atomic E-state index is -0.0235. The minimum Gasteiger partial charge on any atom is -0.481 e. The Labute approximate surface area is 130 Å². The van der Waals surface area contributed by atoms with E-state index < -0.39 is 0 Å². The maximum absolute atomic E-state index is 12.8. The van der Waals surface area contributed by atoms with Crippen LogP contribution in [-0.2, 0) is 0 Å². The summed E-state index contributed by atoms with van der Waals surface area (Å²) < 4.78 is 5.36. The number of piperazine rings is 1. The van der Waals surface area contributed by atoms with Gasteiger partial charge in [0.2, 0.25) is 5.88 Å². The Morgan fingerprint density at radius 3 is 2.82 bits per heavy atom. The number of ether oxygens (including phenoxy) is 1. The third-order valence-corrected chi connectivity index (χ3v) is 4.21. The molecule has 1 fully saturated rings. The molecule has 1 aromatic carbocycles. The summed E-state index contributed by atoms with van der Waals surface area (Å²) in [7, 11) is 3.66. The van der Waals surface area contributed by atoms with Gasteiger partial charge in [0.25, 0.3) is 5.91 Å². The van der Waals surface area contributed by atoms with Crippen LogP contribution in [0.1, 0.15) is 17.4 Å². The van der Waals surface area contributed by atoms with Crippen LogP contribution in [0.3, 0.4) is 0 Å². The van der Waals surface area contributed by atoms with Crippen molar-refractivity contribution in [3.05, 3.63) is 36.0 Å². The van der Waals surface area contributed by atoms with Crippen molar-refractivity contribution in [3.8, 4) is 5.88 Å². The lowest BCUT2D eigenvalue weighted by Crippen LogP contribution is -2.52. The predicted octanol–water partition coefficient (Wildman–Crippen LogP) is 2.02. The summed E-state index contributed by atoms with van der Waals surface area (Å²) in [5, 5.41) is 1.90. The van der Waals surface area contributed by atoms with E-state index in [1.165, 1.54) is 0 Å². The van der Waals surface area contributed by atoms with Gasteiger partial charge >= 0.3 is 0 Å². The predicted molar refractivity (Wildman–Crippen MR) is 86.3 cm³/mol. The van der Waals surface area contributed by atoms with Crippen molar-refractivity contribution in [2.24, 2.45) is 0 Å². The van der Waals surface area contributed by atoms with E-state index in [4.69, 9.17) is 4.74 Å². The highest BCUT2D eigenvalue weighted by Gasteiger charge is 2.27. The van der Waals surface area contributed by atoms with E-state index in [1.54, 1.807) is 7.11 Å². The van der Waals surface area contributed by atoms with Gasteiger partial charge < -0.3 is 14.5 Å². The molecule has 0 radical (unpaired) electrons. The van der Waals surface area contributed by atoms with Crippen LogP contribution < -0.4 is 4.74 Å². The van der Waals surface area contributed by atoms with Crippen molar-refractivity contribution >= 4 is 16.7 Å². The third-order valence-electron chi connectivity index (χ3n) is 4.21. The Balaban J connectivity index is 1.97. The number of nitrogens with zero attached hydrogens (tertiary/aromatic N) is 3. The highest BCUT2D eigenvalue weighted by Crippen LogP contribution is 2.25. The zero-order chi connectivity index (χ0) is 15.7. The van der Waals surface area contributed by atoms with Crippen molar-refractivity contribution in [1.82, 2.24) is 14.8 Å². The fourth-order valence-electron chi connectivity index (χ4n) is 3.02. The molecular formula is C17H21N3O2. The first-order valence-corrected chi connectivity index (χ1v) is 7.53. The molecule has 116 valence electrons. The summed E-state index contributed by atoms with van der Waals surface area (Å²) in [6.45, 7) is 4.58. The quantitative estimate of drug-likeness (QED) is 0.851. The maximum Gasteiger partial charge on any atom is 0.272 e. The minimum absolute atomic E-state index is 0.0235. The first-order chi connectivity index (χ1) is 10.6. The monoisotopic (exact) mass is 299 g/mol. The van der Waals surface area contributed by atoms with Crippen molar-refractivity contribution in [1.29, 1.82) is 0 Å². The molecule has 0 N–H and O–H groups in total. The summed E-state index contributed by atoms with van der Waals surface area (Å²) in [6.07, 6.45) is 0. The molecule has 1 amide bonds. The normalized spacial score (nSPS) is 19.4. The van der Waals surface area contributed by atoms with Crippen LogP contribution in [0.2, 0.25) is 0 Å². The molecule has 0 saturated carbocycles. The van der Waals surface area contributed by atoms with Gasteiger partial charge in [-0.15, -0.1) is 0 Å². The number of benzene rings is 1. The van der Waals surface area contributed by atoms with E-state index in [9.17, 15) is 4.79 Å². The van der Waals surface area contributed by atoms with Gasteiger partial charge in [-0.2, -0.15) is 0 Å². The van der Waals surface area contributed by atoms with Crippen molar-refractivity contribution in [3.63, 3.8) is 0 Å². The summed E-state index contributed by atoms with van der Waals surface area (Å²) in [5.41, 5.74) is 0.451. The molecule has 2 aromatic rings. The second-order valence-electron chi connectivity index (χ2n) is 5.85. The molecule has 1 saturated heterocycles. The van der Waals surface area contributed by atoms with E-state index in [0.29, 0.717) is 11.6 Å². The first kappa shape index (κ1) is 14.8. The molecule has 1 aliphatic rings. The van der Waals surface area contributed by atoms with Crippen molar-refractivity contribution < 1.29 is 9.53 Å². The fourth-order valence-corrected chi connectivity index (χ4v) is 3.02. The number of aromatic nitrogens is 1. The van der Waals surface area contributed by atoms with Crippen LogP contribution >= 0.6 is 0 Å². The molecule has 0 spiro atoms. The van der Waals surface area contributed by atoms with Crippen molar-refractivity contribution in [2.75, 3.05) is 33.8 Å². The molecule has 0 bridgehead atoms. The second-order valence-corrected chi connectivity index (χ2v) is 5.85. The number of methoxy groups -OCH3 is 1. The molecule has 22 heavy (non-hydrogen) atoms. The number of hydrogen-bond acceptors (Lipinski definition) is 4.